The Morgan fingerprint density at radius 1 is 0.935 bits per heavy atom. The largest absolute Gasteiger partial charge is 0.456 e. The molecule has 0 radical (unpaired) electrons. The lowest BCUT2D eigenvalue weighted by molar-refractivity contribution is -0.292. The summed E-state index contributed by atoms with van der Waals surface area (Å²) in [5.41, 5.74) is -4.49. The van der Waals surface area contributed by atoms with Crippen molar-refractivity contribution in [1.29, 1.82) is 5.26 Å². The third-order valence-electron chi connectivity index (χ3n) is 9.01. The van der Waals surface area contributed by atoms with Gasteiger partial charge in [-0.3, -0.25) is 19.4 Å². The SMILES string of the molecule is C[C@]12CN(CCN3CCN(C(=O)OCC(F)(F)C(F)(F)F)CC3)C[C@](C)(O1)[C@H]1C(=O)N(c3ccc(C#N)c(C(F)(F)F)c3)C(=O)[C@H]12. The molecule has 4 saturated heterocycles. The number of carbonyl (C=O) groups excluding carboxylic acids is 3. The lowest BCUT2D eigenvalue weighted by atomic mass is 9.79. The molecule has 10 nitrogen and oxygen atoms in total. The highest BCUT2D eigenvalue weighted by Crippen LogP contribution is 2.55. The van der Waals surface area contributed by atoms with Gasteiger partial charge in [0.1, 0.15) is 0 Å². The average Bonchev–Trinajstić information content (AvgIpc) is 3.33. The molecule has 4 atom stereocenters. The first-order valence-electron chi connectivity index (χ1n) is 14.2. The lowest BCUT2D eigenvalue weighted by Gasteiger charge is -2.45. The quantitative estimate of drug-likeness (QED) is 0.336. The first-order chi connectivity index (χ1) is 21.2. The topological polar surface area (TPSA) is 106 Å². The number of hydrogen-bond donors (Lipinski definition) is 0. The molecule has 0 N–H and O–H groups in total. The van der Waals surface area contributed by atoms with E-state index in [9.17, 15) is 49.5 Å². The maximum absolute atomic E-state index is 13.7. The Morgan fingerprint density at radius 3 is 1.98 bits per heavy atom. The van der Waals surface area contributed by atoms with Crippen LogP contribution in [-0.2, 0) is 25.2 Å². The van der Waals surface area contributed by atoms with Gasteiger partial charge in [-0.2, -0.15) is 40.4 Å². The molecule has 0 saturated carbocycles. The van der Waals surface area contributed by atoms with E-state index in [0.29, 0.717) is 19.2 Å². The molecule has 0 aromatic heterocycles. The van der Waals surface area contributed by atoms with Gasteiger partial charge >= 0.3 is 24.4 Å². The van der Waals surface area contributed by atoms with E-state index in [1.165, 1.54) is 6.07 Å². The standard InChI is InChI=1S/C28H29F8N5O5/c1-24-13-39(6-5-38-7-9-40(10-8-38)23(44)45-15-26(29,30)28(34,35)36)14-25(2,46-24)20-19(24)21(42)41(22(20)43)17-4-3-16(12-37)18(11-17)27(31,32)33/h3-4,11,19-20H,5-10,13-15H2,1-2H3/t19-,20+,24+,25-. The van der Waals surface area contributed by atoms with E-state index in [4.69, 9.17) is 10.00 Å². The number of rotatable bonds is 6. The summed E-state index contributed by atoms with van der Waals surface area (Å²) >= 11 is 0. The van der Waals surface area contributed by atoms with Crippen LogP contribution < -0.4 is 4.90 Å². The van der Waals surface area contributed by atoms with Crippen molar-refractivity contribution in [3.05, 3.63) is 29.3 Å². The van der Waals surface area contributed by atoms with Gasteiger partial charge in [-0.15, -0.1) is 0 Å². The maximum Gasteiger partial charge on any atom is 0.456 e. The number of nitriles is 1. The highest BCUT2D eigenvalue weighted by atomic mass is 19.4. The maximum atomic E-state index is 13.7. The third kappa shape index (κ3) is 5.88. The normalized spacial score (nSPS) is 29.2. The Kier molecular flexibility index (Phi) is 8.30. The van der Waals surface area contributed by atoms with E-state index >= 15 is 0 Å². The van der Waals surface area contributed by atoms with Crippen LogP contribution in [0.2, 0.25) is 0 Å². The summed E-state index contributed by atoms with van der Waals surface area (Å²) in [6.45, 7) is 3.19. The van der Waals surface area contributed by atoms with Gasteiger partial charge in [-0.25, -0.2) is 9.69 Å². The molecule has 2 bridgehead atoms. The Balaban J connectivity index is 1.19. The van der Waals surface area contributed by atoms with Crippen LogP contribution in [0.15, 0.2) is 18.2 Å². The van der Waals surface area contributed by atoms with Gasteiger partial charge in [-0.05, 0) is 32.0 Å². The number of anilines is 1. The molecule has 4 aliphatic heterocycles. The predicted octanol–water partition coefficient (Wildman–Crippen LogP) is 3.50. The van der Waals surface area contributed by atoms with Crippen molar-refractivity contribution >= 4 is 23.6 Å². The summed E-state index contributed by atoms with van der Waals surface area (Å²) in [6.07, 6.45) is -12.0. The second kappa shape index (κ2) is 11.3. The van der Waals surface area contributed by atoms with Gasteiger partial charge in [-0.1, -0.05) is 0 Å². The summed E-state index contributed by atoms with van der Waals surface area (Å²) in [4.78, 5) is 45.1. The number of fused-ring (bicyclic) bond motifs is 5. The number of benzene rings is 1. The van der Waals surface area contributed by atoms with Crippen LogP contribution in [0.25, 0.3) is 0 Å². The Bertz CT molecular complexity index is 1420. The number of morpholine rings is 1. The Morgan fingerprint density at radius 2 is 1.48 bits per heavy atom. The highest BCUT2D eigenvalue weighted by Gasteiger charge is 2.71. The zero-order valence-electron chi connectivity index (χ0n) is 24.6. The molecular formula is C28H29F8N5O5. The second-order valence-electron chi connectivity index (χ2n) is 12.3. The van der Waals surface area contributed by atoms with Gasteiger partial charge in [0.15, 0.2) is 6.61 Å². The van der Waals surface area contributed by atoms with Gasteiger partial charge < -0.3 is 14.4 Å². The predicted molar refractivity (Wildman–Crippen MR) is 140 cm³/mol. The van der Waals surface area contributed by atoms with Crippen LogP contribution in [0, 0.1) is 23.2 Å². The van der Waals surface area contributed by atoms with Crippen molar-refractivity contribution in [2.24, 2.45) is 11.8 Å². The van der Waals surface area contributed by atoms with Crippen LogP contribution in [0.4, 0.5) is 45.6 Å². The Hall–Kier alpha value is -3.56. The van der Waals surface area contributed by atoms with Crippen LogP contribution >= 0.6 is 0 Å². The smallest absolute Gasteiger partial charge is 0.443 e. The van der Waals surface area contributed by atoms with E-state index in [0.717, 1.165) is 21.9 Å². The minimum Gasteiger partial charge on any atom is -0.443 e. The number of piperazine rings is 1. The summed E-state index contributed by atoms with van der Waals surface area (Å²) in [5, 5.41) is 9.11. The molecule has 0 unspecified atom stereocenters. The van der Waals surface area contributed by atoms with Crippen LogP contribution in [0.3, 0.4) is 0 Å². The number of halogens is 8. The van der Waals surface area contributed by atoms with Crippen LogP contribution in [0.5, 0.6) is 0 Å². The van der Waals surface area contributed by atoms with Crippen molar-refractivity contribution in [2.45, 2.75) is 43.3 Å². The number of likely N-dealkylation sites (tertiary alicyclic amines) is 1. The fourth-order valence-corrected chi connectivity index (χ4v) is 6.94. The third-order valence-corrected chi connectivity index (χ3v) is 9.01. The molecule has 0 aliphatic carbocycles. The molecule has 3 amide bonds. The molecular weight excluding hydrogens is 638 g/mol. The minimum atomic E-state index is -5.84. The second-order valence-corrected chi connectivity index (χ2v) is 12.3. The van der Waals surface area contributed by atoms with E-state index < -0.39 is 77.0 Å². The fourth-order valence-electron chi connectivity index (χ4n) is 6.94. The molecule has 252 valence electrons. The first kappa shape index (κ1) is 33.8. The van der Waals surface area contributed by atoms with Crippen LogP contribution in [-0.4, -0.2) is 115 Å². The Labute approximate surface area is 257 Å². The molecule has 4 aliphatic rings. The molecule has 0 spiro atoms. The summed E-state index contributed by atoms with van der Waals surface area (Å²) in [6, 6.07) is 4.15. The van der Waals surface area contributed by atoms with Crippen molar-refractivity contribution < 1.29 is 59.0 Å². The van der Waals surface area contributed by atoms with Gasteiger partial charge in [0, 0.05) is 52.4 Å². The highest BCUT2D eigenvalue weighted by molar-refractivity contribution is 6.23. The molecule has 4 fully saturated rings. The zero-order valence-corrected chi connectivity index (χ0v) is 24.6. The number of amides is 3. The summed E-state index contributed by atoms with van der Waals surface area (Å²) < 4.78 is 114. The molecule has 18 heteroatoms. The van der Waals surface area contributed by atoms with Gasteiger partial charge in [0.25, 0.3) is 0 Å². The zero-order chi connectivity index (χ0) is 34.0. The number of ether oxygens (including phenoxy) is 2. The molecule has 1 aromatic rings. The molecule has 4 heterocycles. The van der Waals surface area contributed by atoms with Crippen molar-refractivity contribution in [1.82, 2.24) is 14.7 Å². The van der Waals surface area contributed by atoms with E-state index in [-0.39, 0.29) is 45.0 Å². The number of nitrogens with zero attached hydrogens (tertiary/aromatic N) is 5. The number of imide groups is 1. The van der Waals surface area contributed by atoms with Crippen LogP contribution in [0.1, 0.15) is 25.0 Å². The summed E-state index contributed by atoms with van der Waals surface area (Å²) in [7, 11) is 0. The number of carbonyl (C=O) groups is 3. The summed E-state index contributed by atoms with van der Waals surface area (Å²) in [5.74, 6) is -8.51. The van der Waals surface area contributed by atoms with Crippen molar-refractivity contribution in [3.63, 3.8) is 0 Å². The molecule has 46 heavy (non-hydrogen) atoms. The van der Waals surface area contributed by atoms with E-state index in [1.54, 1.807) is 13.8 Å². The van der Waals surface area contributed by atoms with Crippen molar-refractivity contribution in [3.8, 4) is 6.07 Å². The average molecular weight is 668 g/mol. The van der Waals surface area contributed by atoms with E-state index in [2.05, 4.69) is 4.74 Å². The molecule has 5 rings (SSSR count). The number of alkyl halides is 8. The van der Waals surface area contributed by atoms with Gasteiger partial charge in [0.2, 0.25) is 11.8 Å². The minimum absolute atomic E-state index is 0.0311. The van der Waals surface area contributed by atoms with Crippen molar-refractivity contribution in [2.75, 3.05) is 63.9 Å². The molecule has 1 aromatic carbocycles. The van der Waals surface area contributed by atoms with Gasteiger partial charge in [0.05, 0.1) is 45.9 Å². The first-order valence-corrected chi connectivity index (χ1v) is 14.2. The number of hydrogen-bond acceptors (Lipinski definition) is 8. The van der Waals surface area contributed by atoms with E-state index in [1.807, 2.05) is 9.80 Å². The lowest BCUT2D eigenvalue weighted by Crippen LogP contribution is -2.59. The monoisotopic (exact) mass is 667 g/mol. The fraction of sp³-hybridized carbons (Fsp3) is 0.643.